The lowest BCUT2D eigenvalue weighted by atomic mass is 10.4. The minimum absolute atomic E-state index is 0.0507. The van der Waals surface area contributed by atoms with Gasteiger partial charge in [0.05, 0.1) is 16.6 Å². The highest BCUT2D eigenvalue weighted by Gasteiger charge is 2.26. The highest BCUT2D eigenvalue weighted by atomic mass is 35.5. The number of sulfonamides is 1. The van der Waals surface area contributed by atoms with Gasteiger partial charge in [0.25, 0.3) is 0 Å². The van der Waals surface area contributed by atoms with Crippen LogP contribution in [0.25, 0.3) is 0 Å². The first kappa shape index (κ1) is 17.2. The van der Waals surface area contributed by atoms with Crippen molar-refractivity contribution in [2.45, 2.75) is 24.8 Å². The van der Waals surface area contributed by atoms with Gasteiger partial charge >= 0.3 is 0 Å². The molecular formula is C12H16Cl2N2O3S. The first-order chi connectivity index (χ1) is 9.16. The second-order valence-corrected chi connectivity index (χ2v) is 7.33. The van der Waals surface area contributed by atoms with Crippen LogP contribution in [0, 0.1) is 0 Å². The molecule has 5 nitrogen and oxygen atoms in total. The number of likely N-dealkylation sites (N-methyl/N-ethyl adjacent to an activating group) is 1. The van der Waals surface area contributed by atoms with Crippen molar-refractivity contribution < 1.29 is 13.2 Å². The third-order valence-electron chi connectivity index (χ3n) is 2.42. The molecule has 0 heterocycles. The summed E-state index contributed by atoms with van der Waals surface area (Å²) in [5.74, 6) is -0.385. The van der Waals surface area contributed by atoms with Crippen LogP contribution in [0.1, 0.15) is 13.8 Å². The molecule has 112 valence electrons. The van der Waals surface area contributed by atoms with E-state index >= 15 is 0 Å². The van der Waals surface area contributed by atoms with Crippen molar-refractivity contribution in [3.63, 3.8) is 0 Å². The standard InChI is InChI=1S/C12H16Cl2N2O3S/c1-8(2)15-11(17)7-16(3)20(18,19)10-6-4-5-9(13)12(10)14/h4-6,8H,7H2,1-3H3,(H,15,17). The third kappa shape index (κ3) is 4.09. The van der Waals surface area contributed by atoms with Crippen LogP contribution >= 0.6 is 23.2 Å². The van der Waals surface area contributed by atoms with Gasteiger partial charge in [-0.1, -0.05) is 29.3 Å². The molecule has 0 aliphatic rings. The van der Waals surface area contributed by atoms with E-state index in [0.29, 0.717) is 0 Å². The maximum atomic E-state index is 12.3. The van der Waals surface area contributed by atoms with Gasteiger partial charge < -0.3 is 5.32 Å². The van der Waals surface area contributed by atoms with Gasteiger partial charge in [-0.25, -0.2) is 8.42 Å². The maximum absolute atomic E-state index is 12.3. The number of nitrogens with one attached hydrogen (secondary N) is 1. The molecule has 20 heavy (non-hydrogen) atoms. The number of rotatable bonds is 5. The molecule has 1 rings (SSSR count). The fourth-order valence-corrected chi connectivity index (χ4v) is 3.36. The van der Waals surface area contributed by atoms with Crippen molar-refractivity contribution in [3.8, 4) is 0 Å². The van der Waals surface area contributed by atoms with E-state index in [9.17, 15) is 13.2 Å². The average Bonchev–Trinajstić information content (AvgIpc) is 2.31. The van der Waals surface area contributed by atoms with Crippen LogP contribution in [-0.4, -0.2) is 38.3 Å². The van der Waals surface area contributed by atoms with Crippen molar-refractivity contribution in [2.75, 3.05) is 13.6 Å². The minimum atomic E-state index is -3.87. The van der Waals surface area contributed by atoms with Gasteiger partial charge in [0.15, 0.2) is 0 Å². The molecule has 0 aromatic heterocycles. The van der Waals surface area contributed by atoms with Crippen LogP contribution in [0.15, 0.2) is 23.1 Å². The number of hydrogen-bond acceptors (Lipinski definition) is 3. The number of amides is 1. The molecule has 0 saturated carbocycles. The molecule has 0 fully saturated rings. The summed E-state index contributed by atoms with van der Waals surface area (Å²) in [5.41, 5.74) is 0. The molecular weight excluding hydrogens is 323 g/mol. The summed E-state index contributed by atoms with van der Waals surface area (Å²) in [6.07, 6.45) is 0. The van der Waals surface area contributed by atoms with Crippen LogP contribution in [0.3, 0.4) is 0 Å². The van der Waals surface area contributed by atoms with Crippen molar-refractivity contribution in [2.24, 2.45) is 0 Å². The quantitative estimate of drug-likeness (QED) is 0.894. The second-order valence-electron chi connectivity index (χ2n) is 4.54. The minimum Gasteiger partial charge on any atom is -0.353 e. The Labute approximate surface area is 128 Å². The topological polar surface area (TPSA) is 66.5 Å². The van der Waals surface area contributed by atoms with Gasteiger partial charge in [-0.2, -0.15) is 4.31 Å². The lowest BCUT2D eigenvalue weighted by Gasteiger charge is -2.18. The SMILES string of the molecule is CC(C)NC(=O)CN(C)S(=O)(=O)c1cccc(Cl)c1Cl. The fraction of sp³-hybridized carbons (Fsp3) is 0.417. The number of nitrogens with zero attached hydrogens (tertiary/aromatic N) is 1. The first-order valence-corrected chi connectivity index (χ1v) is 8.05. The van der Waals surface area contributed by atoms with Gasteiger partial charge in [-0.15, -0.1) is 0 Å². The summed E-state index contributed by atoms with van der Waals surface area (Å²) >= 11 is 11.7. The zero-order valence-electron chi connectivity index (χ0n) is 11.4. The molecule has 0 radical (unpaired) electrons. The zero-order valence-corrected chi connectivity index (χ0v) is 13.7. The van der Waals surface area contributed by atoms with Crippen LogP contribution in [0.2, 0.25) is 10.0 Å². The summed E-state index contributed by atoms with van der Waals surface area (Å²) in [6, 6.07) is 4.27. The molecule has 1 aromatic rings. The molecule has 0 unspecified atom stereocenters. The van der Waals surface area contributed by atoms with Crippen molar-refractivity contribution >= 4 is 39.1 Å². The summed E-state index contributed by atoms with van der Waals surface area (Å²) in [4.78, 5) is 11.5. The Morgan fingerprint density at radius 2 is 1.95 bits per heavy atom. The van der Waals surface area contributed by atoms with Crippen molar-refractivity contribution in [3.05, 3.63) is 28.2 Å². The Bertz CT molecular complexity index is 603. The summed E-state index contributed by atoms with van der Waals surface area (Å²) in [7, 11) is -2.55. The monoisotopic (exact) mass is 338 g/mol. The second kappa shape index (κ2) is 6.76. The van der Waals surface area contributed by atoms with Crippen LogP contribution in [-0.2, 0) is 14.8 Å². The van der Waals surface area contributed by atoms with E-state index < -0.39 is 10.0 Å². The Morgan fingerprint density at radius 1 is 1.35 bits per heavy atom. The summed E-state index contributed by atoms with van der Waals surface area (Å²) < 4.78 is 25.6. The molecule has 0 bridgehead atoms. The molecule has 0 saturated heterocycles. The van der Waals surface area contributed by atoms with Gasteiger partial charge in [0.1, 0.15) is 4.90 Å². The van der Waals surface area contributed by atoms with Crippen molar-refractivity contribution in [1.29, 1.82) is 0 Å². The number of carbonyl (C=O) groups excluding carboxylic acids is 1. The molecule has 0 spiro atoms. The molecule has 0 aliphatic carbocycles. The van der Waals surface area contributed by atoms with E-state index in [4.69, 9.17) is 23.2 Å². The molecule has 0 aliphatic heterocycles. The Balaban J connectivity index is 2.99. The third-order valence-corrected chi connectivity index (χ3v) is 5.20. The number of carbonyl (C=O) groups is 1. The molecule has 0 atom stereocenters. The Kier molecular flexibility index (Phi) is 5.82. The van der Waals surface area contributed by atoms with Gasteiger partial charge in [0.2, 0.25) is 15.9 Å². The highest BCUT2D eigenvalue weighted by molar-refractivity contribution is 7.89. The number of halogens is 2. The normalized spacial score (nSPS) is 11.9. The predicted molar refractivity (Wildman–Crippen MR) is 79.6 cm³/mol. The smallest absolute Gasteiger partial charge is 0.244 e. The molecule has 1 amide bonds. The fourth-order valence-electron chi connectivity index (χ4n) is 1.51. The average molecular weight is 339 g/mol. The van der Waals surface area contributed by atoms with Gasteiger partial charge in [-0.3, -0.25) is 4.79 Å². The van der Waals surface area contributed by atoms with Crippen molar-refractivity contribution in [1.82, 2.24) is 9.62 Å². The van der Waals surface area contributed by atoms with Gasteiger partial charge in [0, 0.05) is 13.1 Å². The number of hydrogen-bond donors (Lipinski definition) is 1. The lowest BCUT2D eigenvalue weighted by Crippen LogP contribution is -2.40. The van der Waals surface area contributed by atoms with E-state index in [1.165, 1.54) is 25.2 Å². The predicted octanol–water partition coefficient (Wildman–Crippen LogP) is 2.14. The number of benzene rings is 1. The maximum Gasteiger partial charge on any atom is 0.244 e. The lowest BCUT2D eigenvalue weighted by molar-refractivity contribution is -0.121. The van der Waals surface area contributed by atoms with E-state index in [1.807, 2.05) is 0 Å². The molecule has 1 aromatic carbocycles. The van der Waals surface area contributed by atoms with E-state index in [1.54, 1.807) is 13.8 Å². The Morgan fingerprint density at radius 3 is 2.50 bits per heavy atom. The van der Waals surface area contributed by atoms with Gasteiger partial charge in [-0.05, 0) is 26.0 Å². The highest BCUT2D eigenvalue weighted by Crippen LogP contribution is 2.30. The summed E-state index contributed by atoms with van der Waals surface area (Å²) in [5, 5.41) is 2.71. The first-order valence-electron chi connectivity index (χ1n) is 5.86. The van der Waals surface area contributed by atoms with E-state index in [0.717, 1.165) is 4.31 Å². The molecule has 8 heteroatoms. The Hall–Kier alpha value is -0.820. The van der Waals surface area contributed by atoms with Crippen LogP contribution in [0.5, 0.6) is 0 Å². The molecule has 1 N–H and O–H groups in total. The van der Waals surface area contributed by atoms with Crippen LogP contribution < -0.4 is 5.32 Å². The largest absolute Gasteiger partial charge is 0.353 e. The van der Waals surface area contributed by atoms with Crippen LogP contribution in [0.4, 0.5) is 0 Å². The zero-order chi connectivity index (χ0) is 15.5. The van der Waals surface area contributed by atoms with E-state index in [2.05, 4.69) is 5.32 Å². The summed E-state index contributed by atoms with van der Waals surface area (Å²) in [6.45, 7) is 3.30. The van der Waals surface area contributed by atoms with E-state index in [-0.39, 0.29) is 33.4 Å².